The van der Waals surface area contributed by atoms with E-state index >= 15 is 0 Å². The summed E-state index contributed by atoms with van der Waals surface area (Å²) in [5, 5.41) is 50.1. The molecule has 0 fully saturated rings. The first kappa shape index (κ1) is 22.1. The Morgan fingerprint density at radius 3 is 2.57 bits per heavy atom. The summed E-state index contributed by atoms with van der Waals surface area (Å²) >= 11 is 0. The van der Waals surface area contributed by atoms with E-state index in [1.54, 1.807) is 0 Å². The number of aliphatic carboxylic acids is 1. The molecule has 0 aliphatic heterocycles. The van der Waals surface area contributed by atoms with Gasteiger partial charge in [0.25, 0.3) is 0 Å². The zero-order valence-corrected chi connectivity index (χ0v) is 15.8. The molecule has 0 saturated heterocycles. The van der Waals surface area contributed by atoms with Crippen LogP contribution in [0.25, 0.3) is 6.08 Å². The Morgan fingerprint density at radius 2 is 2.04 bits per heavy atom. The number of phenolic OH excluding ortho intramolecular Hbond substituents is 1. The van der Waals surface area contributed by atoms with Crippen LogP contribution in [0.5, 0.6) is 11.5 Å². The van der Waals surface area contributed by atoms with Crippen LogP contribution in [0, 0.1) is 0 Å². The van der Waals surface area contributed by atoms with Gasteiger partial charge in [0.05, 0.1) is 0 Å². The number of hydrogen-bond donors (Lipinski definition) is 5. The molecule has 0 aliphatic rings. The number of benzene rings is 1. The van der Waals surface area contributed by atoms with Crippen LogP contribution in [0.15, 0.2) is 24.3 Å². The largest absolute Gasteiger partial charge is 1.00 e. The number of aromatic hydroxyl groups is 1. The normalized spacial score (nSPS) is 14.6. The minimum atomic E-state index is -2.38. The summed E-state index contributed by atoms with van der Waals surface area (Å²) < 4.78 is 0. The van der Waals surface area contributed by atoms with E-state index in [1.807, 2.05) is 0 Å². The Morgan fingerprint density at radius 1 is 1.43 bits per heavy atom. The number of phenols is 1. The molecule has 9 heteroatoms. The van der Waals surface area contributed by atoms with Gasteiger partial charge in [-0.2, -0.15) is 0 Å². The van der Waals surface area contributed by atoms with Gasteiger partial charge in [-0.1, -0.05) is 17.9 Å². The van der Waals surface area contributed by atoms with Crippen LogP contribution in [0.4, 0.5) is 0 Å². The Hall–Kier alpha value is -0.944. The summed E-state index contributed by atoms with van der Waals surface area (Å²) in [6, 6.07) is 3.72. The number of carbonyl (C=O) groups excluding carboxylic acids is 1. The van der Waals surface area contributed by atoms with E-state index in [0.29, 0.717) is 5.56 Å². The number of carbonyl (C=O) groups is 2. The van der Waals surface area contributed by atoms with E-state index in [0.717, 1.165) is 19.1 Å². The summed E-state index contributed by atoms with van der Waals surface area (Å²) in [4.78, 5) is 22.2. The molecule has 2 atom stereocenters. The van der Waals surface area contributed by atoms with Crippen molar-refractivity contribution in [2.24, 2.45) is 0 Å². The summed E-state index contributed by atoms with van der Waals surface area (Å²) in [5.74, 6) is -3.25. The molecule has 1 rings (SSSR count). The molecule has 1 amide bonds. The van der Waals surface area contributed by atoms with Gasteiger partial charge in [-0.15, -0.1) is 0 Å². The maximum atomic E-state index is 11.5. The quantitative estimate of drug-likeness (QED) is 0.258. The van der Waals surface area contributed by atoms with Crippen LogP contribution in [0.1, 0.15) is 12.5 Å². The maximum Gasteiger partial charge on any atom is 1.00 e. The van der Waals surface area contributed by atoms with Crippen molar-refractivity contribution in [2.75, 3.05) is 6.54 Å². The van der Waals surface area contributed by atoms with Crippen LogP contribution in [0.3, 0.4) is 0 Å². The van der Waals surface area contributed by atoms with Crippen LogP contribution in [0.2, 0.25) is 0 Å². The van der Waals surface area contributed by atoms with Crippen molar-refractivity contribution in [1.29, 1.82) is 0 Å². The summed E-state index contributed by atoms with van der Waals surface area (Å²) in [5.41, 5.74) is -1.97. The molecule has 0 spiro atoms. The first-order valence-corrected chi connectivity index (χ1v) is 6.24. The van der Waals surface area contributed by atoms with E-state index < -0.39 is 41.6 Å². The molecule has 120 valence electrons. The molecular weight excluding hydrogens is 333 g/mol. The summed E-state index contributed by atoms with van der Waals surface area (Å²) in [6.07, 6.45) is 0.698. The van der Waals surface area contributed by atoms with Crippen molar-refractivity contribution < 1.29 is 86.5 Å². The molecule has 0 saturated carbocycles. The first-order chi connectivity index (χ1) is 10.1. The van der Waals surface area contributed by atoms with E-state index in [1.165, 1.54) is 18.2 Å². The standard InChI is InChI=1S/C14H17NO7.K/c1-14(22,13(20)21)11(18)7-15-12(19)5-3-8-2-4-9(16)10(17)6-8;/h2-6,11,16-18,22H,7H2,1H3,(H,15,19)(H,20,21);/q;+1/p-1/b5-3-;/t11-,14+;/m0./s1. The van der Waals surface area contributed by atoms with Gasteiger partial charge >= 0.3 is 57.4 Å². The number of amides is 1. The number of aliphatic hydroxyl groups is 2. The number of aliphatic hydroxyl groups excluding tert-OH is 1. The molecule has 0 radical (unpaired) electrons. The number of carboxylic acid groups (broad SMARTS) is 1. The first-order valence-electron chi connectivity index (χ1n) is 6.24. The molecule has 1 aromatic rings. The Labute approximate surface area is 174 Å². The maximum absolute atomic E-state index is 11.5. The van der Waals surface area contributed by atoms with Crippen molar-refractivity contribution >= 4 is 18.0 Å². The van der Waals surface area contributed by atoms with Crippen LogP contribution >= 0.6 is 0 Å². The fourth-order valence-corrected chi connectivity index (χ4v) is 1.41. The van der Waals surface area contributed by atoms with Crippen molar-refractivity contribution in [3.8, 4) is 11.5 Å². The van der Waals surface area contributed by atoms with Gasteiger partial charge in [-0.05, 0) is 24.6 Å². The SMILES string of the molecule is C[C@](O)(C(=O)O)[C@@H](O)CNC(=O)/C=C\c1ccc([O-])c(O)c1.[K+]. The monoisotopic (exact) mass is 349 g/mol. The molecule has 5 N–H and O–H groups in total. The predicted octanol–water partition coefficient (Wildman–Crippen LogP) is -4.20. The van der Waals surface area contributed by atoms with Gasteiger partial charge in [-0.3, -0.25) is 4.79 Å². The van der Waals surface area contributed by atoms with Gasteiger partial charge in [-0.25, -0.2) is 4.79 Å². The average Bonchev–Trinajstić information content (AvgIpc) is 2.45. The Bertz CT molecular complexity index is 601. The minimum Gasteiger partial charge on any atom is -0.870 e. The van der Waals surface area contributed by atoms with Gasteiger partial charge in [0.1, 0.15) is 11.9 Å². The zero-order valence-electron chi connectivity index (χ0n) is 12.7. The third-order valence-electron chi connectivity index (χ3n) is 2.96. The molecule has 0 unspecified atom stereocenters. The van der Waals surface area contributed by atoms with Crippen LogP contribution in [-0.4, -0.2) is 50.6 Å². The van der Waals surface area contributed by atoms with Crippen molar-refractivity contribution in [3.05, 3.63) is 29.8 Å². The number of rotatable bonds is 6. The van der Waals surface area contributed by atoms with Crippen molar-refractivity contribution in [3.63, 3.8) is 0 Å². The van der Waals surface area contributed by atoms with Crippen LogP contribution < -0.4 is 61.8 Å². The van der Waals surface area contributed by atoms with Gasteiger partial charge in [0, 0.05) is 12.6 Å². The van der Waals surface area contributed by atoms with Gasteiger partial charge in [0.15, 0.2) is 5.60 Å². The molecular formula is C14H16KNO7. The second-order valence-corrected chi connectivity index (χ2v) is 4.77. The topological polar surface area (TPSA) is 150 Å². The zero-order chi connectivity index (χ0) is 16.9. The van der Waals surface area contributed by atoms with Crippen molar-refractivity contribution in [2.45, 2.75) is 18.6 Å². The van der Waals surface area contributed by atoms with E-state index in [-0.39, 0.29) is 51.4 Å². The number of nitrogens with one attached hydrogen (secondary N) is 1. The third kappa shape index (κ3) is 6.59. The Balaban J connectivity index is 0.00000484. The summed E-state index contributed by atoms with van der Waals surface area (Å²) in [7, 11) is 0. The fraction of sp³-hybridized carbons (Fsp3) is 0.286. The fourth-order valence-electron chi connectivity index (χ4n) is 1.41. The van der Waals surface area contributed by atoms with Gasteiger partial charge in [0.2, 0.25) is 5.91 Å². The second kappa shape index (κ2) is 9.38. The third-order valence-corrected chi connectivity index (χ3v) is 2.96. The second-order valence-electron chi connectivity index (χ2n) is 4.77. The average molecular weight is 349 g/mol. The molecule has 0 aliphatic carbocycles. The van der Waals surface area contributed by atoms with E-state index in [2.05, 4.69) is 5.32 Å². The minimum absolute atomic E-state index is 0. The van der Waals surface area contributed by atoms with Gasteiger partial charge < -0.3 is 30.8 Å². The predicted molar refractivity (Wildman–Crippen MR) is 73.9 cm³/mol. The van der Waals surface area contributed by atoms with Crippen molar-refractivity contribution in [1.82, 2.24) is 5.32 Å². The molecule has 0 aromatic heterocycles. The smallest absolute Gasteiger partial charge is 0.870 e. The van der Waals surface area contributed by atoms with Crippen LogP contribution in [-0.2, 0) is 9.59 Å². The molecule has 0 heterocycles. The molecule has 8 nitrogen and oxygen atoms in total. The number of hydrogen-bond acceptors (Lipinski definition) is 6. The number of carboxylic acids is 1. The summed E-state index contributed by atoms with van der Waals surface area (Å²) in [6.45, 7) is 0.447. The molecule has 0 bridgehead atoms. The van der Waals surface area contributed by atoms with E-state index in [4.69, 9.17) is 5.11 Å². The Kier molecular flexibility index (Phi) is 8.99. The van der Waals surface area contributed by atoms with E-state index in [9.17, 15) is 30.0 Å². The molecule has 23 heavy (non-hydrogen) atoms. The molecule has 1 aromatic carbocycles.